The average molecular weight is 316 g/mol. The fraction of sp³-hybridized carbons (Fsp3) is 0.462. The Kier molecular flexibility index (Phi) is 3.90. The van der Waals surface area contributed by atoms with E-state index in [1.165, 1.54) is 12.1 Å². The molecule has 3 nitrogen and oxygen atoms in total. The maximum Gasteiger partial charge on any atom is 0.258 e. The van der Waals surface area contributed by atoms with Gasteiger partial charge in [0.25, 0.3) is 5.91 Å². The Balaban J connectivity index is 1.85. The Bertz CT molecular complexity index is 460. The predicted molar refractivity (Wildman–Crippen MR) is 70.0 cm³/mol. The molecule has 1 aromatic rings. The van der Waals surface area contributed by atoms with Gasteiger partial charge in [0.2, 0.25) is 0 Å². The second-order valence-electron chi connectivity index (χ2n) is 4.83. The van der Waals surface area contributed by atoms with Gasteiger partial charge < -0.3 is 10.1 Å². The molecule has 1 aromatic carbocycles. The molecule has 0 atom stereocenters. The van der Waals surface area contributed by atoms with Crippen LogP contribution in [0.2, 0.25) is 0 Å². The molecule has 18 heavy (non-hydrogen) atoms. The number of rotatable bonds is 4. The van der Waals surface area contributed by atoms with Gasteiger partial charge in [-0.05, 0) is 44.4 Å². The number of hydrogen-bond donors (Lipinski definition) is 1. The standard InChI is InChI=1S/C13H15BrFNO2/c1-13(5-2-6-13)16-12(17)8-18-11-4-3-9(14)7-10(11)15/h3-4,7H,2,5-6,8H2,1H3,(H,16,17). The number of benzene rings is 1. The molecule has 5 heteroatoms. The molecule has 0 spiro atoms. The van der Waals surface area contributed by atoms with Gasteiger partial charge in [-0.25, -0.2) is 4.39 Å². The summed E-state index contributed by atoms with van der Waals surface area (Å²) in [6.45, 7) is 1.85. The van der Waals surface area contributed by atoms with Crippen LogP contribution in [0.5, 0.6) is 5.75 Å². The summed E-state index contributed by atoms with van der Waals surface area (Å²) in [7, 11) is 0. The van der Waals surface area contributed by atoms with Gasteiger partial charge in [0.15, 0.2) is 18.2 Å². The minimum Gasteiger partial charge on any atom is -0.481 e. The molecule has 0 saturated heterocycles. The Morgan fingerprint density at radius 1 is 1.56 bits per heavy atom. The summed E-state index contributed by atoms with van der Waals surface area (Å²) in [4.78, 5) is 11.6. The summed E-state index contributed by atoms with van der Waals surface area (Å²) in [6.07, 6.45) is 3.12. The van der Waals surface area contributed by atoms with Crippen molar-refractivity contribution in [2.24, 2.45) is 0 Å². The van der Waals surface area contributed by atoms with Crippen molar-refractivity contribution in [3.8, 4) is 5.75 Å². The molecule has 1 N–H and O–H groups in total. The molecule has 1 amide bonds. The van der Waals surface area contributed by atoms with Crippen LogP contribution in [-0.4, -0.2) is 18.1 Å². The summed E-state index contributed by atoms with van der Waals surface area (Å²) in [5, 5.41) is 2.90. The topological polar surface area (TPSA) is 38.3 Å². The van der Waals surface area contributed by atoms with E-state index in [-0.39, 0.29) is 23.8 Å². The summed E-state index contributed by atoms with van der Waals surface area (Å²) < 4.78 is 19.2. The van der Waals surface area contributed by atoms with Gasteiger partial charge in [-0.2, -0.15) is 0 Å². The molecule has 1 aliphatic rings. The molecule has 0 radical (unpaired) electrons. The van der Waals surface area contributed by atoms with E-state index in [9.17, 15) is 9.18 Å². The molecule has 0 heterocycles. The molecule has 98 valence electrons. The van der Waals surface area contributed by atoms with E-state index >= 15 is 0 Å². The van der Waals surface area contributed by atoms with E-state index in [1.807, 2.05) is 6.92 Å². The Morgan fingerprint density at radius 3 is 2.83 bits per heavy atom. The van der Waals surface area contributed by atoms with Crippen molar-refractivity contribution in [2.75, 3.05) is 6.61 Å². The lowest BCUT2D eigenvalue weighted by atomic mass is 9.78. The average Bonchev–Trinajstić information content (AvgIpc) is 2.25. The van der Waals surface area contributed by atoms with E-state index in [1.54, 1.807) is 6.07 Å². The van der Waals surface area contributed by atoms with Crippen molar-refractivity contribution < 1.29 is 13.9 Å². The molecule has 0 bridgehead atoms. The first kappa shape index (κ1) is 13.3. The molecular formula is C13H15BrFNO2. The number of hydrogen-bond acceptors (Lipinski definition) is 2. The highest BCUT2D eigenvalue weighted by molar-refractivity contribution is 9.10. The maximum absolute atomic E-state index is 13.4. The van der Waals surface area contributed by atoms with Gasteiger partial charge in [0.1, 0.15) is 0 Å². The van der Waals surface area contributed by atoms with Crippen molar-refractivity contribution in [1.29, 1.82) is 0 Å². The quantitative estimate of drug-likeness (QED) is 0.927. The largest absolute Gasteiger partial charge is 0.481 e. The highest BCUT2D eigenvalue weighted by Crippen LogP contribution is 2.30. The van der Waals surface area contributed by atoms with Crippen LogP contribution in [0.3, 0.4) is 0 Å². The van der Waals surface area contributed by atoms with E-state index in [4.69, 9.17) is 4.74 Å². The first-order valence-corrected chi connectivity index (χ1v) is 6.67. The SMILES string of the molecule is CC1(NC(=O)COc2ccc(Br)cc2F)CCC1. The molecule has 2 rings (SSSR count). The third-order valence-electron chi connectivity index (χ3n) is 3.15. The van der Waals surface area contributed by atoms with E-state index < -0.39 is 5.82 Å². The zero-order valence-electron chi connectivity index (χ0n) is 10.1. The first-order chi connectivity index (χ1) is 8.48. The van der Waals surface area contributed by atoms with Gasteiger partial charge in [0, 0.05) is 10.0 Å². The van der Waals surface area contributed by atoms with E-state index in [0.29, 0.717) is 4.47 Å². The number of nitrogens with one attached hydrogen (secondary N) is 1. The zero-order chi connectivity index (χ0) is 13.2. The lowest BCUT2D eigenvalue weighted by Gasteiger charge is -2.39. The number of halogens is 2. The molecule has 1 fully saturated rings. The zero-order valence-corrected chi connectivity index (χ0v) is 11.7. The van der Waals surface area contributed by atoms with Crippen molar-refractivity contribution >= 4 is 21.8 Å². The van der Waals surface area contributed by atoms with Crippen LogP contribution in [0.1, 0.15) is 26.2 Å². The van der Waals surface area contributed by atoms with Crippen LogP contribution in [0, 0.1) is 5.82 Å². The fourth-order valence-corrected chi connectivity index (χ4v) is 2.27. The summed E-state index contributed by atoms with van der Waals surface area (Å²) in [5.74, 6) is -0.598. The van der Waals surface area contributed by atoms with Crippen LogP contribution >= 0.6 is 15.9 Å². The minimum atomic E-state index is -0.480. The fourth-order valence-electron chi connectivity index (χ4n) is 1.94. The third-order valence-corrected chi connectivity index (χ3v) is 3.64. The van der Waals surface area contributed by atoms with Crippen LogP contribution in [-0.2, 0) is 4.79 Å². The summed E-state index contributed by atoms with van der Waals surface area (Å²) in [6, 6.07) is 4.47. The van der Waals surface area contributed by atoms with Crippen LogP contribution in [0.25, 0.3) is 0 Å². The maximum atomic E-state index is 13.4. The van der Waals surface area contributed by atoms with Gasteiger partial charge in [-0.1, -0.05) is 15.9 Å². The van der Waals surface area contributed by atoms with Gasteiger partial charge in [0.05, 0.1) is 0 Å². The highest BCUT2D eigenvalue weighted by Gasteiger charge is 2.33. The molecule has 1 saturated carbocycles. The second-order valence-corrected chi connectivity index (χ2v) is 5.74. The van der Waals surface area contributed by atoms with Gasteiger partial charge in [-0.15, -0.1) is 0 Å². The van der Waals surface area contributed by atoms with Crippen molar-refractivity contribution in [1.82, 2.24) is 5.32 Å². The Hall–Kier alpha value is -1.10. The molecular weight excluding hydrogens is 301 g/mol. The van der Waals surface area contributed by atoms with Crippen molar-refractivity contribution in [3.63, 3.8) is 0 Å². The van der Waals surface area contributed by atoms with Crippen molar-refractivity contribution in [2.45, 2.75) is 31.7 Å². The second kappa shape index (κ2) is 5.26. The monoisotopic (exact) mass is 315 g/mol. The van der Waals surface area contributed by atoms with E-state index in [2.05, 4.69) is 21.2 Å². The molecule has 0 unspecified atom stereocenters. The summed E-state index contributed by atoms with van der Waals surface area (Å²) in [5.41, 5.74) is -0.0985. The molecule has 1 aliphatic carbocycles. The number of ether oxygens (including phenoxy) is 1. The minimum absolute atomic E-state index is 0.0899. The Labute approximate surface area is 114 Å². The Morgan fingerprint density at radius 2 is 2.28 bits per heavy atom. The number of amides is 1. The lowest BCUT2D eigenvalue weighted by molar-refractivity contribution is -0.125. The molecule has 0 aliphatic heterocycles. The highest BCUT2D eigenvalue weighted by atomic mass is 79.9. The third kappa shape index (κ3) is 3.22. The lowest BCUT2D eigenvalue weighted by Crippen LogP contribution is -2.52. The first-order valence-electron chi connectivity index (χ1n) is 5.87. The van der Waals surface area contributed by atoms with E-state index in [0.717, 1.165) is 19.3 Å². The van der Waals surface area contributed by atoms with Crippen LogP contribution < -0.4 is 10.1 Å². The van der Waals surface area contributed by atoms with Crippen LogP contribution in [0.15, 0.2) is 22.7 Å². The summed E-state index contributed by atoms with van der Waals surface area (Å²) >= 11 is 3.16. The van der Waals surface area contributed by atoms with Crippen LogP contribution in [0.4, 0.5) is 4.39 Å². The molecule has 0 aromatic heterocycles. The van der Waals surface area contributed by atoms with Gasteiger partial charge >= 0.3 is 0 Å². The number of carbonyl (C=O) groups excluding carboxylic acids is 1. The van der Waals surface area contributed by atoms with Gasteiger partial charge in [-0.3, -0.25) is 4.79 Å². The number of carbonyl (C=O) groups is 1. The normalized spacial score (nSPS) is 16.8. The predicted octanol–water partition coefficient (Wildman–Crippen LogP) is 3.03. The smallest absolute Gasteiger partial charge is 0.258 e. The van der Waals surface area contributed by atoms with Crippen molar-refractivity contribution in [3.05, 3.63) is 28.5 Å².